The van der Waals surface area contributed by atoms with Crippen molar-refractivity contribution in [2.45, 2.75) is 27.2 Å². The van der Waals surface area contributed by atoms with Gasteiger partial charge in [0.05, 0.1) is 30.8 Å². The number of nitrogens with zero attached hydrogens (tertiary/aromatic N) is 4. The number of hydrogen-bond acceptors (Lipinski definition) is 8. The highest BCUT2D eigenvalue weighted by atomic mass is 32.2. The predicted octanol–water partition coefficient (Wildman–Crippen LogP) is 5.49. The van der Waals surface area contributed by atoms with Gasteiger partial charge in [-0.2, -0.15) is 0 Å². The first-order chi connectivity index (χ1) is 19.3. The molecule has 1 aromatic heterocycles. The molecule has 4 aromatic rings. The van der Waals surface area contributed by atoms with Crippen LogP contribution in [0.3, 0.4) is 0 Å². The molecule has 0 spiro atoms. The highest BCUT2D eigenvalue weighted by Crippen LogP contribution is 2.20. The van der Waals surface area contributed by atoms with Gasteiger partial charge >= 0.3 is 5.97 Å². The zero-order valence-electron chi connectivity index (χ0n) is 22.8. The number of benzene rings is 3. The van der Waals surface area contributed by atoms with E-state index >= 15 is 0 Å². The number of carbonyl (C=O) groups is 2. The number of aliphatic imine (C=N–C) groups is 1. The Labute approximate surface area is 237 Å². The predicted molar refractivity (Wildman–Crippen MR) is 157 cm³/mol. The van der Waals surface area contributed by atoms with Crippen LogP contribution in [0.25, 0.3) is 17.1 Å². The lowest BCUT2D eigenvalue weighted by molar-refractivity contribution is -0.144. The lowest BCUT2D eigenvalue weighted by atomic mass is 10.1. The van der Waals surface area contributed by atoms with Crippen LogP contribution in [-0.2, 0) is 20.7 Å². The summed E-state index contributed by atoms with van der Waals surface area (Å²) < 4.78 is 12.2. The van der Waals surface area contributed by atoms with E-state index in [1.165, 1.54) is 5.56 Å². The van der Waals surface area contributed by atoms with Crippen molar-refractivity contribution in [3.05, 3.63) is 90.3 Å². The van der Waals surface area contributed by atoms with Gasteiger partial charge in [-0.1, -0.05) is 55.8 Å². The number of hydrogen-bond donors (Lipinski definition) is 1. The second-order valence-electron chi connectivity index (χ2n) is 9.27. The Balaban J connectivity index is 1.40. The first kappa shape index (κ1) is 28.6. The van der Waals surface area contributed by atoms with Gasteiger partial charge < -0.3 is 14.8 Å². The lowest BCUT2D eigenvalue weighted by Gasteiger charge is -2.11. The molecule has 3 aromatic carbocycles. The van der Waals surface area contributed by atoms with Gasteiger partial charge in [0.1, 0.15) is 18.0 Å². The van der Waals surface area contributed by atoms with E-state index in [-0.39, 0.29) is 30.2 Å². The fourth-order valence-corrected chi connectivity index (χ4v) is 4.16. The van der Waals surface area contributed by atoms with E-state index < -0.39 is 0 Å². The quantitative estimate of drug-likeness (QED) is 0.126. The molecule has 1 N–H and O–H groups in total. The van der Waals surface area contributed by atoms with E-state index in [0.29, 0.717) is 22.4 Å². The monoisotopic (exact) mass is 557 g/mol. The summed E-state index contributed by atoms with van der Waals surface area (Å²) in [5.74, 6) is 0.516. The van der Waals surface area contributed by atoms with Crippen LogP contribution >= 0.6 is 11.8 Å². The molecule has 9 nitrogen and oxygen atoms in total. The van der Waals surface area contributed by atoms with Crippen LogP contribution < -0.4 is 10.1 Å². The minimum absolute atomic E-state index is 0.0310. The van der Waals surface area contributed by atoms with Gasteiger partial charge in [-0.05, 0) is 60.6 Å². The van der Waals surface area contributed by atoms with Crippen LogP contribution in [-0.4, -0.2) is 44.9 Å². The van der Waals surface area contributed by atoms with Crippen molar-refractivity contribution in [3.8, 4) is 22.8 Å². The summed E-state index contributed by atoms with van der Waals surface area (Å²) >= 11 is 1.14. The van der Waals surface area contributed by atoms with Gasteiger partial charge in [0.25, 0.3) is 0 Å². The summed E-state index contributed by atoms with van der Waals surface area (Å²) in [6.45, 7) is 5.56. The van der Waals surface area contributed by atoms with Crippen molar-refractivity contribution in [1.82, 2.24) is 20.1 Å². The molecule has 0 unspecified atom stereocenters. The third-order valence-electron chi connectivity index (χ3n) is 5.78. The first-order valence-electron chi connectivity index (χ1n) is 12.7. The maximum absolute atomic E-state index is 12.9. The Morgan fingerprint density at radius 1 is 1.00 bits per heavy atom. The third-order valence-corrected chi connectivity index (χ3v) is 6.49. The molecule has 0 atom stereocenters. The zero-order chi connectivity index (χ0) is 28.5. The smallest absolute Gasteiger partial charge is 0.309 e. The summed E-state index contributed by atoms with van der Waals surface area (Å²) in [5, 5.41) is 7.75. The van der Waals surface area contributed by atoms with E-state index in [4.69, 9.17) is 9.47 Å². The SMILES string of the molecule is COc1ccc(N=C(NC(=O)Cc2ccc(-c3ncn(-c4ccc(C)cc4)n3)cc2)SCOC(=O)C(C)C)cc1. The van der Waals surface area contributed by atoms with Crippen molar-refractivity contribution >= 4 is 34.5 Å². The lowest BCUT2D eigenvalue weighted by Crippen LogP contribution is -2.30. The average molecular weight is 558 g/mol. The van der Waals surface area contributed by atoms with Crippen LogP contribution in [0.2, 0.25) is 0 Å². The van der Waals surface area contributed by atoms with Crippen molar-refractivity contribution in [3.63, 3.8) is 0 Å². The molecular formula is C30H31N5O4S. The number of esters is 1. The Kier molecular flexibility index (Phi) is 9.69. The molecule has 0 fully saturated rings. The van der Waals surface area contributed by atoms with Gasteiger partial charge in [-0.3, -0.25) is 9.59 Å². The van der Waals surface area contributed by atoms with E-state index in [1.54, 1.807) is 56.2 Å². The minimum atomic E-state index is -0.319. The zero-order valence-corrected chi connectivity index (χ0v) is 23.6. The molecule has 10 heteroatoms. The maximum Gasteiger partial charge on any atom is 0.309 e. The molecule has 40 heavy (non-hydrogen) atoms. The number of nitrogens with one attached hydrogen (secondary N) is 1. The largest absolute Gasteiger partial charge is 0.497 e. The first-order valence-corrected chi connectivity index (χ1v) is 13.7. The van der Waals surface area contributed by atoms with Crippen LogP contribution in [0.15, 0.2) is 84.1 Å². The molecule has 206 valence electrons. The van der Waals surface area contributed by atoms with Crippen molar-refractivity contribution in [1.29, 1.82) is 0 Å². The summed E-state index contributed by atoms with van der Waals surface area (Å²) in [4.78, 5) is 33.7. The number of aryl methyl sites for hydroxylation is 1. The van der Waals surface area contributed by atoms with Gasteiger partial charge in [0.2, 0.25) is 5.91 Å². The second kappa shape index (κ2) is 13.6. The molecule has 0 saturated heterocycles. The Morgan fingerprint density at radius 2 is 1.70 bits per heavy atom. The number of rotatable bonds is 9. The number of methoxy groups -OCH3 is 1. The molecule has 4 rings (SSSR count). The number of aromatic nitrogens is 3. The summed E-state index contributed by atoms with van der Waals surface area (Å²) in [6, 6.07) is 22.7. The van der Waals surface area contributed by atoms with Crippen molar-refractivity contribution in [2.75, 3.05) is 13.0 Å². The summed E-state index contributed by atoms with van der Waals surface area (Å²) in [7, 11) is 1.59. The van der Waals surface area contributed by atoms with Gasteiger partial charge in [0, 0.05) is 5.56 Å². The summed E-state index contributed by atoms with van der Waals surface area (Å²) in [6.07, 6.45) is 1.82. The summed E-state index contributed by atoms with van der Waals surface area (Å²) in [5.41, 5.74) is 4.40. The number of carbonyl (C=O) groups excluding carboxylic acids is 2. The van der Waals surface area contributed by atoms with Crippen LogP contribution in [0.5, 0.6) is 5.75 Å². The standard InChI is InChI=1S/C30H31N5O4S/c1-20(2)29(37)39-19-40-30(32-24-11-15-26(38-4)16-12-24)33-27(36)17-22-7-9-23(10-8-22)28-31-18-35(34-28)25-13-5-21(3)6-14-25/h5-16,18,20H,17,19H2,1-4H3,(H,32,33,36). The fourth-order valence-electron chi connectivity index (χ4n) is 3.52. The molecule has 1 amide bonds. The van der Waals surface area contributed by atoms with E-state index in [1.807, 2.05) is 55.5 Å². The molecular weight excluding hydrogens is 526 g/mol. The number of amides is 1. The highest BCUT2D eigenvalue weighted by molar-refractivity contribution is 8.13. The molecule has 0 bridgehead atoms. The number of ether oxygens (including phenoxy) is 2. The van der Waals surface area contributed by atoms with Crippen LogP contribution in [0.1, 0.15) is 25.0 Å². The minimum Gasteiger partial charge on any atom is -0.497 e. The van der Waals surface area contributed by atoms with Gasteiger partial charge in [-0.15, -0.1) is 5.10 Å². The average Bonchev–Trinajstić information content (AvgIpc) is 3.44. The normalized spacial score (nSPS) is 11.4. The van der Waals surface area contributed by atoms with Gasteiger partial charge in [-0.25, -0.2) is 14.7 Å². The molecule has 0 aliphatic rings. The third kappa shape index (κ3) is 8.03. The number of amidine groups is 1. The second-order valence-corrected chi connectivity index (χ2v) is 10.2. The molecule has 0 aliphatic heterocycles. The van der Waals surface area contributed by atoms with Crippen LogP contribution in [0.4, 0.5) is 5.69 Å². The maximum atomic E-state index is 12.9. The van der Waals surface area contributed by atoms with Crippen LogP contribution in [0, 0.1) is 12.8 Å². The Hall–Kier alpha value is -4.44. The molecule has 0 saturated carbocycles. The Morgan fingerprint density at radius 3 is 2.35 bits per heavy atom. The van der Waals surface area contributed by atoms with Crippen molar-refractivity contribution < 1.29 is 19.1 Å². The van der Waals surface area contributed by atoms with E-state index in [0.717, 1.165) is 28.6 Å². The topological polar surface area (TPSA) is 108 Å². The van der Waals surface area contributed by atoms with E-state index in [2.05, 4.69) is 20.4 Å². The fraction of sp³-hybridized carbons (Fsp3) is 0.233. The highest BCUT2D eigenvalue weighted by Gasteiger charge is 2.13. The van der Waals surface area contributed by atoms with Crippen molar-refractivity contribution in [2.24, 2.45) is 10.9 Å². The molecule has 0 aliphatic carbocycles. The van der Waals surface area contributed by atoms with Gasteiger partial charge in [0.15, 0.2) is 11.0 Å². The van der Waals surface area contributed by atoms with E-state index in [9.17, 15) is 9.59 Å². The Bertz CT molecular complexity index is 1460. The molecule has 1 heterocycles. The molecule has 0 radical (unpaired) electrons. The number of thioether (sulfide) groups is 1.